The monoisotopic (exact) mass is 275 g/mol. The predicted molar refractivity (Wildman–Crippen MR) is 77.6 cm³/mol. The number of rotatable bonds is 6. The zero-order valence-corrected chi connectivity index (χ0v) is 12.1. The highest BCUT2D eigenvalue weighted by Gasteiger charge is 2.22. The van der Waals surface area contributed by atoms with Crippen LogP contribution in [0.2, 0.25) is 0 Å². The van der Waals surface area contributed by atoms with Crippen molar-refractivity contribution in [3.05, 3.63) is 47.2 Å². The number of methoxy groups -OCH3 is 1. The summed E-state index contributed by atoms with van der Waals surface area (Å²) in [6.07, 6.45) is 0. The molecule has 0 radical (unpaired) electrons. The first-order valence-corrected chi connectivity index (χ1v) is 6.63. The Balaban J connectivity index is 2.16. The van der Waals surface area contributed by atoms with Gasteiger partial charge in [0.2, 0.25) is 5.88 Å². The largest absolute Gasteiger partial charge is 0.481 e. The average Bonchev–Trinajstić information content (AvgIpc) is 2.75. The van der Waals surface area contributed by atoms with Crippen LogP contribution in [0.5, 0.6) is 5.88 Å². The van der Waals surface area contributed by atoms with Gasteiger partial charge < -0.3 is 15.2 Å². The number of ether oxygens (including phenoxy) is 1. The van der Waals surface area contributed by atoms with E-state index in [0.717, 1.165) is 11.3 Å². The predicted octanol–water partition coefficient (Wildman–Crippen LogP) is 1.56. The Morgan fingerprint density at radius 1 is 1.35 bits per heavy atom. The molecular formula is C15H21N3O2. The lowest BCUT2D eigenvalue weighted by Crippen LogP contribution is -2.24. The molecule has 2 aromatic rings. The molecule has 1 aromatic heterocycles. The minimum absolute atomic E-state index is 0.00424. The second kappa shape index (κ2) is 6.54. The maximum absolute atomic E-state index is 9.66. The number of nitrogens with zero attached hydrogens (tertiary/aromatic N) is 2. The molecular weight excluding hydrogens is 254 g/mol. The third kappa shape index (κ3) is 3.00. The SMILES string of the molecule is COc1c(C(CO)NCc2ccccc2)c(C)nn1C. The molecule has 0 saturated carbocycles. The molecule has 0 bridgehead atoms. The van der Waals surface area contributed by atoms with E-state index in [4.69, 9.17) is 4.74 Å². The topological polar surface area (TPSA) is 59.3 Å². The van der Waals surface area contributed by atoms with E-state index < -0.39 is 0 Å². The van der Waals surface area contributed by atoms with Crippen molar-refractivity contribution in [1.29, 1.82) is 0 Å². The summed E-state index contributed by atoms with van der Waals surface area (Å²) in [4.78, 5) is 0. The van der Waals surface area contributed by atoms with Gasteiger partial charge in [-0.25, -0.2) is 4.68 Å². The van der Waals surface area contributed by atoms with Gasteiger partial charge in [0, 0.05) is 13.6 Å². The van der Waals surface area contributed by atoms with E-state index in [2.05, 4.69) is 22.5 Å². The van der Waals surface area contributed by atoms with E-state index in [1.807, 2.05) is 32.2 Å². The molecule has 2 N–H and O–H groups in total. The van der Waals surface area contributed by atoms with Crippen LogP contribution in [0.15, 0.2) is 30.3 Å². The van der Waals surface area contributed by atoms with Crippen molar-refractivity contribution in [1.82, 2.24) is 15.1 Å². The van der Waals surface area contributed by atoms with Crippen LogP contribution in [0, 0.1) is 6.92 Å². The molecule has 0 aliphatic carbocycles. The summed E-state index contributed by atoms with van der Waals surface area (Å²) in [5.41, 5.74) is 2.95. The third-order valence-electron chi connectivity index (χ3n) is 3.33. The Morgan fingerprint density at radius 2 is 2.05 bits per heavy atom. The first-order valence-electron chi connectivity index (χ1n) is 6.63. The Morgan fingerprint density at radius 3 is 2.65 bits per heavy atom. The Kier molecular flexibility index (Phi) is 4.76. The number of aliphatic hydroxyl groups is 1. The highest BCUT2D eigenvalue weighted by Crippen LogP contribution is 2.27. The molecule has 5 nitrogen and oxygen atoms in total. The van der Waals surface area contributed by atoms with Crippen molar-refractivity contribution < 1.29 is 9.84 Å². The van der Waals surface area contributed by atoms with E-state index >= 15 is 0 Å². The fraction of sp³-hybridized carbons (Fsp3) is 0.400. The highest BCUT2D eigenvalue weighted by molar-refractivity contribution is 5.34. The number of hydrogen-bond donors (Lipinski definition) is 2. The molecule has 0 spiro atoms. The molecule has 0 saturated heterocycles. The van der Waals surface area contributed by atoms with Gasteiger partial charge in [-0.3, -0.25) is 0 Å². The number of aryl methyl sites for hydroxylation is 2. The Hall–Kier alpha value is -1.85. The zero-order valence-electron chi connectivity index (χ0n) is 12.1. The van der Waals surface area contributed by atoms with Gasteiger partial charge in [-0.05, 0) is 12.5 Å². The van der Waals surface area contributed by atoms with E-state index in [1.54, 1.807) is 11.8 Å². The van der Waals surface area contributed by atoms with Crippen LogP contribution in [0.4, 0.5) is 0 Å². The molecule has 20 heavy (non-hydrogen) atoms. The van der Waals surface area contributed by atoms with Gasteiger partial charge in [0.25, 0.3) is 0 Å². The average molecular weight is 275 g/mol. The first kappa shape index (κ1) is 14.6. The number of benzene rings is 1. The fourth-order valence-electron chi connectivity index (χ4n) is 2.39. The molecule has 0 fully saturated rings. The van der Waals surface area contributed by atoms with E-state index in [-0.39, 0.29) is 12.6 Å². The molecule has 2 rings (SSSR count). The summed E-state index contributed by atoms with van der Waals surface area (Å²) >= 11 is 0. The maximum atomic E-state index is 9.66. The van der Waals surface area contributed by atoms with Crippen molar-refractivity contribution in [2.75, 3.05) is 13.7 Å². The Bertz CT molecular complexity index is 552. The van der Waals surface area contributed by atoms with Gasteiger partial charge in [-0.2, -0.15) is 5.10 Å². The molecule has 0 amide bonds. The fourth-order valence-corrected chi connectivity index (χ4v) is 2.39. The van der Waals surface area contributed by atoms with E-state index in [9.17, 15) is 5.11 Å². The standard InChI is InChI=1S/C15H21N3O2/c1-11-14(15(20-3)18(2)17-11)13(10-19)16-9-12-7-5-4-6-8-12/h4-8,13,16,19H,9-10H2,1-3H3. The third-order valence-corrected chi connectivity index (χ3v) is 3.33. The number of aromatic nitrogens is 2. The minimum atomic E-state index is -0.196. The number of hydrogen-bond acceptors (Lipinski definition) is 4. The second-order valence-corrected chi connectivity index (χ2v) is 4.73. The molecule has 5 heteroatoms. The summed E-state index contributed by atoms with van der Waals surface area (Å²) < 4.78 is 7.07. The summed E-state index contributed by atoms with van der Waals surface area (Å²) in [5, 5.41) is 17.3. The summed E-state index contributed by atoms with van der Waals surface area (Å²) in [7, 11) is 3.45. The molecule has 108 valence electrons. The van der Waals surface area contributed by atoms with Crippen LogP contribution in [0.25, 0.3) is 0 Å². The van der Waals surface area contributed by atoms with Crippen molar-refractivity contribution >= 4 is 0 Å². The van der Waals surface area contributed by atoms with Crippen LogP contribution < -0.4 is 10.1 Å². The lowest BCUT2D eigenvalue weighted by Gasteiger charge is -2.17. The maximum Gasteiger partial charge on any atom is 0.216 e. The summed E-state index contributed by atoms with van der Waals surface area (Å²) in [6, 6.07) is 9.89. The number of aliphatic hydroxyl groups excluding tert-OH is 1. The summed E-state index contributed by atoms with van der Waals surface area (Å²) in [6.45, 7) is 2.60. The molecule has 1 aromatic carbocycles. The lowest BCUT2D eigenvalue weighted by molar-refractivity contribution is 0.239. The molecule has 0 aliphatic rings. The van der Waals surface area contributed by atoms with Crippen molar-refractivity contribution in [3.8, 4) is 5.88 Å². The van der Waals surface area contributed by atoms with Gasteiger partial charge >= 0.3 is 0 Å². The van der Waals surface area contributed by atoms with Crippen molar-refractivity contribution in [2.24, 2.45) is 7.05 Å². The minimum Gasteiger partial charge on any atom is -0.481 e. The van der Waals surface area contributed by atoms with E-state index in [1.165, 1.54) is 5.56 Å². The molecule has 1 heterocycles. The van der Waals surface area contributed by atoms with Crippen LogP contribution in [0.1, 0.15) is 22.9 Å². The molecule has 1 unspecified atom stereocenters. The van der Waals surface area contributed by atoms with Gasteiger partial charge in [-0.15, -0.1) is 0 Å². The first-order chi connectivity index (χ1) is 9.67. The Labute approximate surface area is 119 Å². The molecule has 0 aliphatic heterocycles. The van der Waals surface area contributed by atoms with Crippen LogP contribution in [-0.4, -0.2) is 28.6 Å². The van der Waals surface area contributed by atoms with E-state index in [0.29, 0.717) is 12.4 Å². The van der Waals surface area contributed by atoms with Crippen LogP contribution in [-0.2, 0) is 13.6 Å². The second-order valence-electron chi connectivity index (χ2n) is 4.73. The van der Waals surface area contributed by atoms with Gasteiger partial charge in [-0.1, -0.05) is 30.3 Å². The molecule has 1 atom stereocenters. The van der Waals surface area contributed by atoms with Gasteiger partial charge in [0.1, 0.15) is 0 Å². The van der Waals surface area contributed by atoms with Gasteiger partial charge in [0.05, 0.1) is 31.0 Å². The number of nitrogens with one attached hydrogen (secondary N) is 1. The van der Waals surface area contributed by atoms with Crippen molar-refractivity contribution in [3.63, 3.8) is 0 Å². The smallest absolute Gasteiger partial charge is 0.216 e. The zero-order chi connectivity index (χ0) is 14.5. The van der Waals surface area contributed by atoms with Gasteiger partial charge in [0.15, 0.2) is 0 Å². The highest BCUT2D eigenvalue weighted by atomic mass is 16.5. The quantitative estimate of drug-likeness (QED) is 0.840. The van der Waals surface area contributed by atoms with Crippen LogP contribution in [0.3, 0.4) is 0 Å². The normalized spacial score (nSPS) is 12.4. The van der Waals surface area contributed by atoms with Crippen molar-refractivity contribution in [2.45, 2.75) is 19.5 Å². The summed E-state index contributed by atoms with van der Waals surface area (Å²) in [5.74, 6) is 0.683. The van der Waals surface area contributed by atoms with Crippen LogP contribution >= 0.6 is 0 Å². The lowest BCUT2D eigenvalue weighted by atomic mass is 10.1.